The summed E-state index contributed by atoms with van der Waals surface area (Å²) in [5.74, 6) is -1.66. The predicted octanol–water partition coefficient (Wildman–Crippen LogP) is 3.45. The third-order valence-corrected chi connectivity index (χ3v) is 4.91. The van der Waals surface area contributed by atoms with Crippen LogP contribution in [-0.2, 0) is 9.47 Å². The molecule has 0 bridgehead atoms. The molecule has 1 unspecified atom stereocenters. The predicted molar refractivity (Wildman–Crippen MR) is 117 cm³/mol. The summed E-state index contributed by atoms with van der Waals surface area (Å²) in [6, 6.07) is 15.0. The van der Waals surface area contributed by atoms with Gasteiger partial charge in [-0.1, -0.05) is 29.8 Å². The van der Waals surface area contributed by atoms with Gasteiger partial charge in [0.25, 0.3) is 0 Å². The van der Waals surface area contributed by atoms with Gasteiger partial charge in [-0.3, -0.25) is 4.79 Å². The van der Waals surface area contributed by atoms with Crippen LogP contribution in [0.25, 0.3) is 5.69 Å². The van der Waals surface area contributed by atoms with Crippen LogP contribution in [0.1, 0.15) is 49.3 Å². The second kappa shape index (κ2) is 9.18. The van der Waals surface area contributed by atoms with E-state index in [9.17, 15) is 19.6 Å². The number of nitrogens with zero attached hydrogens (tertiary/aromatic N) is 2. The van der Waals surface area contributed by atoms with Gasteiger partial charge >= 0.3 is 11.9 Å². The number of benzene rings is 2. The third kappa shape index (κ3) is 4.37. The molecule has 0 fully saturated rings. The van der Waals surface area contributed by atoms with E-state index < -0.39 is 18.0 Å². The Kier molecular flexibility index (Phi) is 6.40. The summed E-state index contributed by atoms with van der Waals surface area (Å²) in [7, 11) is 1.21. The normalized spacial score (nSPS) is 11.3. The molecule has 0 saturated heterocycles. The van der Waals surface area contributed by atoms with E-state index in [4.69, 9.17) is 15.2 Å². The van der Waals surface area contributed by atoms with Gasteiger partial charge in [-0.15, -0.1) is 0 Å². The fourth-order valence-corrected chi connectivity index (χ4v) is 3.11. The Bertz CT molecular complexity index is 1220. The zero-order chi connectivity index (χ0) is 23.4. The van der Waals surface area contributed by atoms with Crippen molar-refractivity contribution in [2.75, 3.05) is 12.8 Å². The van der Waals surface area contributed by atoms with Crippen LogP contribution in [0.2, 0.25) is 0 Å². The first-order chi connectivity index (χ1) is 15.3. The molecule has 1 heterocycles. The lowest BCUT2D eigenvalue weighted by Gasteiger charge is -2.13. The SMILES string of the molecule is COC(=O)c1c(N)c(C#N)cn1-c1ccc(C(=O)OC(C)C(=O)c2ccc(C)cc2)cc1. The summed E-state index contributed by atoms with van der Waals surface area (Å²) in [5, 5.41) is 9.21. The number of ketones is 1. The molecule has 3 aromatic rings. The van der Waals surface area contributed by atoms with Crippen molar-refractivity contribution in [1.82, 2.24) is 4.57 Å². The Labute approximate surface area is 184 Å². The Balaban J connectivity index is 1.79. The van der Waals surface area contributed by atoms with Crippen LogP contribution in [0.15, 0.2) is 54.7 Å². The second-order valence-corrected chi connectivity index (χ2v) is 7.10. The highest BCUT2D eigenvalue weighted by Gasteiger charge is 2.23. The van der Waals surface area contributed by atoms with Gasteiger partial charge in [0, 0.05) is 17.4 Å². The van der Waals surface area contributed by atoms with Crippen molar-refractivity contribution in [3.63, 3.8) is 0 Å². The number of nitrogen functional groups attached to an aromatic ring is 1. The number of anilines is 1. The number of carbonyl (C=O) groups is 3. The molecule has 0 aliphatic carbocycles. The van der Waals surface area contributed by atoms with Crippen LogP contribution in [0, 0.1) is 18.3 Å². The van der Waals surface area contributed by atoms with Crippen molar-refractivity contribution in [2.24, 2.45) is 0 Å². The summed E-state index contributed by atoms with van der Waals surface area (Å²) >= 11 is 0. The van der Waals surface area contributed by atoms with Gasteiger partial charge in [-0.25, -0.2) is 9.59 Å². The summed E-state index contributed by atoms with van der Waals surface area (Å²) in [5.41, 5.74) is 8.22. The number of hydrogen-bond acceptors (Lipinski definition) is 7. The summed E-state index contributed by atoms with van der Waals surface area (Å²) in [6.07, 6.45) is 0.454. The van der Waals surface area contributed by atoms with E-state index in [1.54, 1.807) is 24.3 Å². The first-order valence-electron chi connectivity index (χ1n) is 9.68. The maximum atomic E-state index is 12.5. The van der Waals surface area contributed by atoms with Gasteiger partial charge in [0.05, 0.1) is 23.9 Å². The summed E-state index contributed by atoms with van der Waals surface area (Å²) in [4.78, 5) is 37.1. The molecule has 8 nitrogen and oxygen atoms in total. The second-order valence-electron chi connectivity index (χ2n) is 7.10. The van der Waals surface area contributed by atoms with Crippen molar-refractivity contribution in [1.29, 1.82) is 5.26 Å². The fourth-order valence-electron chi connectivity index (χ4n) is 3.11. The number of Topliss-reactive ketones (excluding diaryl/α,β-unsaturated/α-hetero) is 1. The van der Waals surface area contributed by atoms with E-state index in [2.05, 4.69) is 0 Å². The quantitative estimate of drug-likeness (QED) is 0.468. The number of aryl methyl sites for hydroxylation is 1. The van der Waals surface area contributed by atoms with Crippen LogP contribution >= 0.6 is 0 Å². The molecule has 0 spiro atoms. The van der Waals surface area contributed by atoms with Crippen molar-refractivity contribution in [3.05, 3.63) is 82.7 Å². The number of nitriles is 1. The molecule has 0 radical (unpaired) electrons. The van der Waals surface area contributed by atoms with Gasteiger partial charge in [-0.2, -0.15) is 5.26 Å². The lowest BCUT2D eigenvalue weighted by molar-refractivity contribution is 0.0318. The molecular weight excluding hydrogens is 410 g/mol. The molecule has 1 aromatic heterocycles. The highest BCUT2D eigenvalue weighted by atomic mass is 16.5. The average Bonchev–Trinajstić information content (AvgIpc) is 3.14. The van der Waals surface area contributed by atoms with E-state index >= 15 is 0 Å². The number of carbonyl (C=O) groups excluding carboxylic acids is 3. The average molecular weight is 431 g/mol. The summed E-state index contributed by atoms with van der Waals surface area (Å²) in [6.45, 7) is 3.43. The number of ether oxygens (including phenoxy) is 2. The van der Waals surface area contributed by atoms with Crippen LogP contribution in [0.5, 0.6) is 0 Å². The molecule has 0 aliphatic heterocycles. The smallest absolute Gasteiger partial charge is 0.357 e. The molecule has 2 N–H and O–H groups in total. The van der Waals surface area contributed by atoms with Crippen LogP contribution in [0.3, 0.4) is 0 Å². The van der Waals surface area contributed by atoms with Crippen molar-refractivity contribution >= 4 is 23.4 Å². The highest BCUT2D eigenvalue weighted by Crippen LogP contribution is 2.25. The van der Waals surface area contributed by atoms with Crippen molar-refractivity contribution in [2.45, 2.75) is 20.0 Å². The molecule has 162 valence electrons. The minimum atomic E-state index is -0.960. The molecular formula is C24H21N3O5. The van der Waals surface area contributed by atoms with E-state index in [1.165, 1.54) is 36.9 Å². The van der Waals surface area contributed by atoms with E-state index in [0.717, 1.165) is 5.56 Å². The number of methoxy groups -OCH3 is 1. The number of aromatic nitrogens is 1. The zero-order valence-corrected chi connectivity index (χ0v) is 17.8. The number of hydrogen-bond donors (Lipinski definition) is 1. The Morgan fingerprint density at radius 3 is 2.16 bits per heavy atom. The molecule has 0 saturated carbocycles. The number of esters is 2. The Hall–Kier alpha value is -4.38. The van der Waals surface area contributed by atoms with Crippen LogP contribution in [0.4, 0.5) is 5.69 Å². The van der Waals surface area contributed by atoms with Gasteiger partial charge in [0.1, 0.15) is 6.07 Å². The number of nitrogens with two attached hydrogens (primary N) is 1. The first kappa shape index (κ1) is 22.3. The van der Waals surface area contributed by atoms with Gasteiger partial charge in [0.2, 0.25) is 5.78 Å². The maximum Gasteiger partial charge on any atom is 0.357 e. The topological polar surface area (TPSA) is 124 Å². The number of rotatable bonds is 6. The van der Waals surface area contributed by atoms with Gasteiger partial charge in [0.15, 0.2) is 11.8 Å². The minimum absolute atomic E-state index is 0.00581. The van der Waals surface area contributed by atoms with Gasteiger partial charge in [-0.05, 0) is 38.1 Å². The molecule has 1 atom stereocenters. The van der Waals surface area contributed by atoms with Crippen molar-refractivity contribution < 1.29 is 23.9 Å². The largest absolute Gasteiger partial charge is 0.464 e. The highest BCUT2D eigenvalue weighted by molar-refractivity contribution is 6.01. The standard InChI is InChI=1S/C24H21N3O5/c1-14-4-6-16(7-5-14)22(28)15(2)32-23(29)17-8-10-19(11-9-17)27-13-18(12-25)20(26)21(27)24(30)31-3/h4-11,13,15H,26H2,1-3H3. The van der Waals surface area contributed by atoms with E-state index in [-0.39, 0.29) is 28.3 Å². The lowest BCUT2D eigenvalue weighted by Crippen LogP contribution is -2.24. The molecule has 3 rings (SSSR count). The lowest BCUT2D eigenvalue weighted by atomic mass is 10.1. The summed E-state index contributed by atoms with van der Waals surface area (Å²) < 4.78 is 11.5. The van der Waals surface area contributed by atoms with Crippen LogP contribution in [-0.4, -0.2) is 35.5 Å². The molecule has 2 aromatic carbocycles. The first-order valence-corrected chi connectivity index (χ1v) is 9.68. The fraction of sp³-hybridized carbons (Fsp3) is 0.167. The molecule has 8 heteroatoms. The van der Waals surface area contributed by atoms with Crippen molar-refractivity contribution in [3.8, 4) is 11.8 Å². The zero-order valence-electron chi connectivity index (χ0n) is 17.8. The Morgan fingerprint density at radius 2 is 1.59 bits per heavy atom. The molecule has 32 heavy (non-hydrogen) atoms. The van der Waals surface area contributed by atoms with Crippen LogP contribution < -0.4 is 5.73 Å². The monoisotopic (exact) mass is 431 g/mol. The van der Waals surface area contributed by atoms with E-state index in [1.807, 2.05) is 25.1 Å². The molecule has 0 amide bonds. The Morgan fingerprint density at radius 1 is 1.00 bits per heavy atom. The molecule has 0 aliphatic rings. The maximum absolute atomic E-state index is 12.5. The van der Waals surface area contributed by atoms with E-state index in [0.29, 0.717) is 11.3 Å². The minimum Gasteiger partial charge on any atom is -0.464 e. The third-order valence-electron chi connectivity index (χ3n) is 4.91. The van der Waals surface area contributed by atoms with Gasteiger partial charge < -0.3 is 19.8 Å².